The fourth-order valence-corrected chi connectivity index (χ4v) is 4.06. The van der Waals surface area contributed by atoms with Gasteiger partial charge in [-0.2, -0.15) is 13.2 Å². The molecule has 2 heterocycles. The molecule has 0 saturated carbocycles. The summed E-state index contributed by atoms with van der Waals surface area (Å²) in [7, 11) is 0. The van der Waals surface area contributed by atoms with E-state index in [1.54, 1.807) is 13.8 Å². The maximum Gasteiger partial charge on any atom is 0.417 e. The summed E-state index contributed by atoms with van der Waals surface area (Å²) in [6, 6.07) is 4.05. The first-order valence-corrected chi connectivity index (χ1v) is 9.21. The summed E-state index contributed by atoms with van der Waals surface area (Å²) in [5, 5.41) is 9.93. The fourth-order valence-electron chi connectivity index (χ4n) is 4.06. The van der Waals surface area contributed by atoms with Crippen LogP contribution in [-0.4, -0.2) is 36.6 Å². The molecule has 6 heteroatoms. The van der Waals surface area contributed by atoms with Crippen LogP contribution in [0.2, 0.25) is 0 Å². The van der Waals surface area contributed by atoms with E-state index < -0.39 is 23.6 Å². The Bertz CT molecular complexity index is 662. The van der Waals surface area contributed by atoms with Crippen molar-refractivity contribution in [2.75, 3.05) is 24.6 Å². The van der Waals surface area contributed by atoms with E-state index in [-0.39, 0.29) is 0 Å². The summed E-state index contributed by atoms with van der Waals surface area (Å²) in [5.74, 6) is 0.675. The van der Waals surface area contributed by atoms with Gasteiger partial charge in [0, 0.05) is 30.8 Å². The Morgan fingerprint density at radius 3 is 2.42 bits per heavy atom. The molecule has 26 heavy (non-hydrogen) atoms. The van der Waals surface area contributed by atoms with Crippen molar-refractivity contribution in [2.24, 2.45) is 0 Å². The van der Waals surface area contributed by atoms with Crippen molar-refractivity contribution in [3.8, 4) is 5.75 Å². The third-order valence-electron chi connectivity index (χ3n) is 5.48. The standard InChI is InChI=1S/C20H27F3NO2/c1-18(2,13-19(3,25)20(21,22)23)16-12-15(24-8-5-4-6-9-24)11-14-7-10-26-17(14)16/h11-12,25H,3-10,13H2,1-2H3. The highest BCUT2D eigenvalue weighted by atomic mass is 19.4. The average Bonchev–Trinajstić information content (AvgIpc) is 3.01. The van der Waals surface area contributed by atoms with E-state index in [1.165, 1.54) is 6.42 Å². The molecule has 0 bridgehead atoms. The van der Waals surface area contributed by atoms with Crippen LogP contribution in [0.4, 0.5) is 18.9 Å². The van der Waals surface area contributed by atoms with Gasteiger partial charge >= 0.3 is 6.18 Å². The van der Waals surface area contributed by atoms with Crippen LogP contribution in [0.3, 0.4) is 0 Å². The van der Waals surface area contributed by atoms with Crippen LogP contribution < -0.4 is 9.64 Å². The molecule has 0 aromatic heterocycles. The number of hydrogen-bond acceptors (Lipinski definition) is 3. The Kier molecular flexibility index (Phi) is 4.93. The summed E-state index contributed by atoms with van der Waals surface area (Å²) in [6.45, 7) is 8.92. The molecule has 1 fully saturated rings. The number of halogens is 3. The molecule has 3 rings (SSSR count). The summed E-state index contributed by atoms with van der Waals surface area (Å²) >= 11 is 0. The predicted octanol–water partition coefficient (Wildman–Crippen LogP) is 4.41. The Balaban J connectivity index is 1.98. The molecule has 1 aromatic carbocycles. The van der Waals surface area contributed by atoms with Gasteiger partial charge in [0.2, 0.25) is 0 Å². The van der Waals surface area contributed by atoms with Crippen molar-refractivity contribution in [2.45, 2.75) is 63.1 Å². The second kappa shape index (κ2) is 6.63. The van der Waals surface area contributed by atoms with Gasteiger partial charge in [0.05, 0.1) is 6.61 Å². The van der Waals surface area contributed by atoms with Crippen LogP contribution >= 0.6 is 0 Å². The van der Waals surface area contributed by atoms with Crippen molar-refractivity contribution in [1.29, 1.82) is 0 Å². The van der Waals surface area contributed by atoms with Crippen molar-refractivity contribution >= 4 is 5.69 Å². The monoisotopic (exact) mass is 370 g/mol. The van der Waals surface area contributed by atoms with Crippen LogP contribution in [0, 0.1) is 6.92 Å². The average molecular weight is 370 g/mol. The van der Waals surface area contributed by atoms with Gasteiger partial charge in [0.25, 0.3) is 0 Å². The summed E-state index contributed by atoms with van der Waals surface area (Å²) in [6.07, 6.45) is -1.09. The minimum Gasteiger partial charge on any atom is -0.493 e. The zero-order chi connectivity index (χ0) is 19.2. The molecule has 3 nitrogen and oxygen atoms in total. The Hall–Kier alpha value is -1.43. The third-order valence-corrected chi connectivity index (χ3v) is 5.48. The number of aliphatic hydroxyl groups is 1. The number of alkyl halides is 3. The molecule has 0 spiro atoms. The quantitative estimate of drug-likeness (QED) is 0.852. The third kappa shape index (κ3) is 3.66. The second-order valence-corrected chi connectivity index (χ2v) is 8.22. The van der Waals surface area contributed by atoms with Crippen LogP contribution in [0.5, 0.6) is 5.75 Å². The van der Waals surface area contributed by atoms with Crippen molar-refractivity contribution in [3.63, 3.8) is 0 Å². The number of benzene rings is 1. The molecule has 2 aliphatic rings. The summed E-state index contributed by atoms with van der Waals surface area (Å²) in [5.41, 5.74) is -1.14. The molecule has 1 N–H and O–H groups in total. The first-order valence-electron chi connectivity index (χ1n) is 9.21. The normalized spacial score (nSPS) is 20.5. The number of fused-ring (bicyclic) bond motifs is 1. The fraction of sp³-hybridized carbons (Fsp3) is 0.650. The molecule has 0 aliphatic carbocycles. The van der Waals surface area contributed by atoms with E-state index in [9.17, 15) is 18.3 Å². The van der Waals surface area contributed by atoms with Crippen LogP contribution in [-0.2, 0) is 11.8 Å². The van der Waals surface area contributed by atoms with Gasteiger partial charge in [-0.05, 0) is 55.7 Å². The zero-order valence-corrected chi connectivity index (χ0v) is 15.5. The summed E-state index contributed by atoms with van der Waals surface area (Å²) < 4.78 is 45.3. The molecule has 1 unspecified atom stereocenters. The molecular weight excluding hydrogens is 343 g/mol. The molecule has 145 valence electrons. The molecule has 1 atom stereocenters. The van der Waals surface area contributed by atoms with Gasteiger partial charge in [0.1, 0.15) is 5.75 Å². The van der Waals surface area contributed by atoms with Crippen molar-refractivity contribution < 1.29 is 23.0 Å². The van der Waals surface area contributed by atoms with Crippen LogP contribution in [0.15, 0.2) is 12.1 Å². The lowest BCUT2D eigenvalue weighted by molar-refractivity contribution is -0.247. The molecule has 1 radical (unpaired) electrons. The Morgan fingerprint density at radius 1 is 1.15 bits per heavy atom. The first-order chi connectivity index (χ1) is 12.0. The molecule has 2 aliphatic heterocycles. The van der Waals surface area contributed by atoms with E-state index in [0.717, 1.165) is 49.2 Å². The predicted molar refractivity (Wildman–Crippen MR) is 95.7 cm³/mol. The molecular formula is C20H27F3NO2. The van der Waals surface area contributed by atoms with Gasteiger partial charge < -0.3 is 14.7 Å². The maximum atomic E-state index is 13.2. The lowest BCUT2D eigenvalue weighted by atomic mass is 9.74. The Labute approximate surface area is 153 Å². The van der Waals surface area contributed by atoms with Gasteiger partial charge in [-0.1, -0.05) is 13.8 Å². The smallest absolute Gasteiger partial charge is 0.417 e. The number of piperidine rings is 1. The van der Waals surface area contributed by atoms with Gasteiger partial charge in [-0.15, -0.1) is 0 Å². The van der Waals surface area contributed by atoms with Crippen molar-refractivity contribution in [1.82, 2.24) is 0 Å². The van der Waals surface area contributed by atoms with E-state index in [2.05, 4.69) is 17.9 Å². The zero-order valence-electron chi connectivity index (χ0n) is 15.5. The highest BCUT2D eigenvalue weighted by Gasteiger charge is 2.53. The van der Waals surface area contributed by atoms with Crippen LogP contribution in [0.25, 0.3) is 0 Å². The van der Waals surface area contributed by atoms with E-state index in [1.807, 2.05) is 6.07 Å². The highest BCUT2D eigenvalue weighted by molar-refractivity contribution is 5.60. The molecule has 0 amide bonds. The van der Waals surface area contributed by atoms with Crippen molar-refractivity contribution in [3.05, 3.63) is 30.2 Å². The summed E-state index contributed by atoms with van der Waals surface area (Å²) in [4.78, 5) is 2.29. The van der Waals surface area contributed by atoms with Gasteiger partial charge in [-0.25, -0.2) is 0 Å². The number of ether oxygens (including phenoxy) is 1. The lowest BCUT2D eigenvalue weighted by Gasteiger charge is -2.37. The minimum atomic E-state index is -4.78. The highest BCUT2D eigenvalue weighted by Crippen LogP contribution is 2.46. The number of anilines is 1. The molecule has 1 aromatic rings. The van der Waals surface area contributed by atoms with E-state index in [0.29, 0.717) is 12.4 Å². The second-order valence-electron chi connectivity index (χ2n) is 8.22. The molecule has 1 saturated heterocycles. The number of nitrogens with zero attached hydrogens (tertiary/aromatic N) is 1. The van der Waals surface area contributed by atoms with E-state index in [4.69, 9.17) is 4.74 Å². The minimum absolute atomic E-state index is 0.525. The topological polar surface area (TPSA) is 32.7 Å². The van der Waals surface area contributed by atoms with Gasteiger partial charge in [-0.3, -0.25) is 0 Å². The van der Waals surface area contributed by atoms with Gasteiger partial charge in [0.15, 0.2) is 5.60 Å². The first kappa shape index (κ1) is 19.3. The largest absolute Gasteiger partial charge is 0.493 e. The SMILES string of the molecule is [CH2]C(O)(CC(C)(C)c1cc(N2CCCCC2)cc2c1OCC2)C(F)(F)F. The van der Waals surface area contributed by atoms with E-state index >= 15 is 0 Å². The van der Waals surface area contributed by atoms with Crippen LogP contribution in [0.1, 0.15) is 50.7 Å². The maximum absolute atomic E-state index is 13.2. The Morgan fingerprint density at radius 2 is 1.81 bits per heavy atom. The lowest BCUT2D eigenvalue weighted by Crippen LogP contribution is -2.46. The number of rotatable bonds is 4. The number of hydrogen-bond donors (Lipinski definition) is 1.